The first-order valence-corrected chi connectivity index (χ1v) is 11.6. The van der Waals surface area contributed by atoms with E-state index < -0.39 is 10.0 Å². The molecule has 3 N–H and O–H groups in total. The van der Waals surface area contributed by atoms with Gasteiger partial charge < -0.3 is 10.5 Å². The van der Waals surface area contributed by atoms with Gasteiger partial charge in [0.1, 0.15) is 5.75 Å². The Morgan fingerprint density at radius 2 is 1.77 bits per heavy atom. The summed E-state index contributed by atoms with van der Waals surface area (Å²) in [4.78, 5) is 0.212. The van der Waals surface area contributed by atoms with Crippen LogP contribution in [0.3, 0.4) is 0 Å². The van der Waals surface area contributed by atoms with Gasteiger partial charge in [0.2, 0.25) is 0 Å². The van der Waals surface area contributed by atoms with Crippen molar-refractivity contribution in [2.24, 2.45) is 5.73 Å². The van der Waals surface area contributed by atoms with Crippen LogP contribution in [0, 0.1) is 0 Å². The lowest BCUT2D eigenvalue weighted by Crippen LogP contribution is -2.29. The molecule has 1 atom stereocenters. The molecule has 7 heteroatoms. The molecule has 1 unspecified atom stereocenters. The second-order valence-corrected chi connectivity index (χ2v) is 9.47. The van der Waals surface area contributed by atoms with Crippen molar-refractivity contribution in [3.8, 4) is 16.9 Å². The summed E-state index contributed by atoms with van der Waals surface area (Å²) < 4.78 is 35.0. The molecule has 0 fully saturated rings. The van der Waals surface area contributed by atoms with E-state index in [1.807, 2.05) is 18.2 Å². The summed E-state index contributed by atoms with van der Waals surface area (Å²) in [5.74, 6) is 0.740. The van der Waals surface area contributed by atoms with Crippen molar-refractivity contribution >= 4 is 27.3 Å². The Morgan fingerprint density at radius 1 is 1.03 bits per heavy atom. The molecule has 30 heavy (non-hydrogen) atoms. The van der Waals surface area contributed by atoms with Gasteiger partial charge in [0.05, 0.1) is 17.7 Å². The van der Waals surface area contributed by atoms with E-state index in [-0.39, 0.29) is 10.9 Å². The minimum Gasteiger partial charge on any atom is -0.496 e. The van der Waals surface area contributed by atoms with Crippen LogP contribution in [-0.2, 0) is 22.9 Å². The van der Waals surface area contributed by atoms with Crippen LogP contribution in [-0.4, -0.2) is 21.6 Å². The van der Waals surface area contributed by atoms with E-state index >= 15 is 0 Å². The number of methoxy groups -OCH3 is 1. The van der Waals surface area contributed by atoms with Gasteiger partial charge in [-0.1, -0.05) is 41.9 Å². The lowest BCUT2D eigenvalue weighted by atomic mass is 9.87. The number of anilines is 1. The van der Waals surface area contributed by atoms with Crippen molar-refractivity contribution in [3.63, 3.8) is 0 Å². The zero-order chi connectivity index (χ0) is 21.3. The fourth-order valence-corrected chi connectivity index (χ4v) is 5.38. The molecule has 3 aromatic carbocycles. The number of rotatable bonds is 5. The summed E-state index contributed by atoms with van der Waals surface area (Å²) in [5.41, 5.74) is 10.0. The third-order valence-electron chi connectivity index (χ3n) is 5.42. The first-order valence-electron chi connectivity index (χ1n) is 9.71. The molecular formula is C23H23ClN2O3S. The maximum absolute atomic E-state index is 13.4. The number of ether oxygens (including phenoxy) is 1. The first kappa shape index (κ1) is 20.7. The molecule has 5 nitrogen and oxygen atoms in total. The van der Waals surface area contributed by atoms with E-state index in [0.29, 0.717) is 29.1 Å². The average molecular weight is 443 g/mol. The maximum Gasteiger partial charge on any atom is 0.262 e. The van der Waals surface area contributed by atoms with E-state index in [0.717, 1.165) is 28.9 Å². The molecular weight excluding hydrogens is 420 g/mol. The van der Waals surface area contributed by atoms with Gasteiger partial charge in [0.15, 0.2) is 0 Å². The predicted molar refractivity (Wildman–Crippen MR) is 121 cm³/mol. The monoisotopic (exact) mass is 442 g/mol. The van der Waals surface area contributed by atoms with Crippen LogP contribution >= 0.6 is 11.6 Å². The fourth-order valence-electron chi connectivity index (χ4n) is 3.93. The lowest BCUT2D eigenvalue weighted by Gasteiger charge is -2.26. The van der Waals surface area contributed by atoms with Crippen molar-refractivity contribution < 1.29 is 13.2 Å². The minimum absolute atomic E-state index is 0.0453. The van der Waals surface area contributed by atoms with Crippen LogP contribution in [0.15, 0.2) is 65.6 Å². The van der Waals surface area contributed by atoms with Gasteiger partial charge in [0, 0.05) is 22.2 Å². The SMILES string of the molecule is COc1ccc(NS(=O)(=O)c2ccccc2-c2ccc(Cl)cc2)c2c1CC(N)CC2. The highest BCUT2D eigenvalue weighted by atomic mass is 35.5. The molecule has 0 bridgehead atoms. The van der Waals surface area contributed by atoms with Crippen molar-refractivity contribution in [2.75, 3.05) is 11.8 Å². The summed E-state index contributed by atoms with van der Waals surface area (Å²) in [6.45, 7) is 0. The molecule has 3 aromatic rings. The van der Waals surface area contributed by atoms with Crippen LogP contribution in [0.4, 0.5) is 5.69 Å². The standard InChI is InChI=1S/C23H23ClN2O3S/c1-29-22-13-12-21(19-11-10-17(25)14-20(19)22)26-30(27,28)23-5-3-2-4-18(23)15-6-8-16(24)9-7-15/h2-9,12-13,17,26H,10-11,14,25H2,1H3. The molecule has 0 aromatic heterocycles. The van der Waals surface area contributed by atoms with Crippen molar-refractivity contribution in [1.29, 1.82) is 0 Å². The van der Waals surface area contributed by atoms with E-state index in [2.05, 4.69) is 4.72 Å². The van der Waals surface area contributed by atoms with Gasteiger partial charge in [-0.3, -0.25) is 4.72 Å². The van der Waals surface area contributed by atoms with Crippen molar-refractivity contribution in [3.05, 3.63) is 76.8 Å². The Balaban J connectivity index is 1.75. The number of fused-ring (bicyclic) bond motifs is 1. The molecule has 0 spiro atoms. The summed E-state index contributed by atoms with van der Waals surface area (Å²) in [7, 11) is -2.21. The fraction of sp³-hybridized carbons (Fsp3) is 0.217. The molecule has 1 aliphatic rings. The predicted octanol–water partition coefficient (Wildman–Crippen LogP) is 4.63. The van der Waals surface area contributed by atoms with Crippen LogP contribution in [0.25, 0.3) is 11.1 Å². The highest BCUT2D eigenvalue weighted by Gasteiger charge is 2.25. The second-order valence-electron chi connectivity index (χ2n) is 7.38. The molecule has 0 heterocycles. The van der Waals surface area contributed by atoms with Gasteiger partial charge in [-0.05, 0) is 60.7 Å². The van der Waals surface area contributed by atoms with Gasteiger partial charge in [-0.25, -0.2) is 8.42 Å². The number of hydrogen-bond donors (Lipinski definition) is 2. The van der Waals surface area contributed by atoms with E-state index in [1.54, 1.807) is 49.6 Å². The van der Waals surface area contributed by atoms with Gasteiger partial charge >= 0.3 is 0 Å². The summed E-state index contributed by atoms with van der Waals surface area (Å²) in [6.07, 6.45) is 2.16. The van der Waals surface area contributed by atoms with Crippen LogP contribution in [0.1, 0.15) is 17.5 Å². The summed E-state index contributed by atoms with van der Waals surface area (Å²) in [5, 5.41) is 0.597. The number of sulfonamides is 1. The Bertz CT molecular complexity index is 1180. The summed E-state index contributed by atoms with van der Waals surface area (Å²) in [6, 6.07) is 17.7. The Labute approximate surface area is 181 Å². The number of benzene rings is 3. The Morgan fingerprint density at radius 3 is 2.50 bits per heavy atom. The highest BCUT2D eigenvalue weighted by molar-refractivity contribution is 7.92. The van der Waals surface area contributed by atoms with Crippen LogP contribution < -0.4 is 15.2 Å². The topological polar surface area (TPSA) is 81.4 Å². The molecule has 156 valence electrons. The third-order valence-corrected chi connectivity index (χ3v) is 7.09. The largest absolute Gasteiger partial charge is 0.496 e. The molecule has 0 amide bonds. The van der Waals surface area contributed by atoms with E-state index in [4.69, 9.17) is 22.1 Å². The average Bonchev–Trinajstić information content (AvgIpc) is 2.74. The maximum atomic E-state index is 13.4. The summed E-state index contributed by atoms with van der Waals surface area (Å²) >= 11 is 5.99. The molecule has 4 rings (SSSR count). The highest BCUT2D eigenvalue weighted by Crippen LogP contribution is 2.36. The number of hydrogen-bond acceptors (Lipinski definition) is 4. The zero-order valence-electron chi connectivity index (χ0n) is 16.6. The number of nitrogens with two attached hydrogens (primary N) is 1. The lowest BCUT2D eigenvalue weighted by molar-refractivity contribution is 0.403. The first-order chi connectivity index (χ1) is 14.4. The van der Waals surface area contributed by atoms with E-state index in [9.17, 15) is 8.42 Å². The minimum atomic E-state index is -3.82. The Kier molecular flexibility index (Phi) is 5.73. The third kappa shape index (κ3) is 4.03. The van der Waals surface area contributed by atoms with Crippen LogP contribution in [0.2, 0.25) is 5.02 Å². The second kappa shape index (κ2) is 8.30. The smallest absolute Gasteiger partial charge is 0.262 e. The van der Waals surface area contributed by atoms with Gasteiger partial charge in [0.25, 0.3) is 10.0 Å². The Hall–Kier alpha value is -2.54. The number of nitrogens with one attached hydrogen (secondary N) is 1. The molecule has 0 saturated carbocycles. The van der Waals surface area contributed by atoms with Gasteiger partial charge in [-0.15, -0.1) is 0 Å². The van der Waals surface area contributed by atoms with E-state index in [1.165, 1.54) is 0 Å². The van der Waals surface area contributed by atoms with Crippen molar-refractivity contribution in [1.82, 2.24) is 0 Å². The number of halogens is 1. The van der Waals surface area contributed by atoms with Gasteiger partial charge in [-0.2, -0.15) is 0 Å². The normalized spacial score (nSPS) is 16.0. The molecule has 0 radical (unpaired) electrons. The molecule has 0 saturated heterocycles. The zero-order valence-corrected chi connectivity index (χ0v) is 18.1. The quantitative estimate of drug-likeness (QED) is 0.603. The van der Waals surface area contributed by atoms with Crippen LogP contribution in [0.5, 0.6) is 5.75 Å². The molecule has 1 aliphatic carbocycles. The van der Waals surface area contributed by atoms with Crippen molar-refractivity contribution in [2.45, 2.75) is 30.2 Å². The molecule has 0 aliphatic heterocycles.